The number of hydrogen-bond donors (Lipinski definition) is 1. The van der Waals surface area contributed by atoms with Gasteiger partial charge in [-0.25, -0.2) is 22.2 Å². The molecule has 0 aliphatic heterocycles. The van der Waals surface area contributed by atoms with Crippen molar-refractivity contribution >= 4 is 38.2 Å². The zero-order chi connectivity index (χ0) is 29.9. The highest BCUT2D eigenvalue weighted by molar-refractivity contribution is 7.92. The van der Waals surface area contributed by atoms with E-state index in [1.165, 1.54) is 37.6 Å². The van der Waals surface area contributed by atoms with E-state index in [0.29, 0.717) is 29.7 Å². The molecule has 1 saturated carbocycles. The Balaban J connectivity index is 1.32. The van der Waals surface area contributed by atoms with Crippen LogP contribution in [0.1, 0.15) is 30.1 Å². The summed E-state index contributed by atoms with van der Waals surface area (Å²) in [5, 5.41) is 2.70. The topological polar surface area (TPSA) is 121 Å². The Morgan fingerprint density at radius 3 is 2.40 bits per heavy atom. The van der Waals surface area contributed by atoms with Crippen molar-refractivity contribution in [2.45, 2.75) is 35.5 Å². The molecule has 1 unspecified atom stereocenters. The van der Waals surface area contributed by atoms with Crippen LogP contribution < -0.4 is 14.8 Å². The first-order valence-electron chi connectivity index (χ1n) is 12.7. The Morgan fingerprint density at radius 2 is 1.76 bits per heavy atom. The van der Waals surface area contributed by atoms with Gasteiger partial charge in [0.2, 0.25) is 11.2 Å². The SMILES string of the molecule is COC(=O)Cc1ccc(Oc2cnc(NC(=O)C(Oc3ccc(F)cc3F)c3ccc(S(=O)(=O)C4CC4)cc3)s2)cc1. The maximum Gasteiger partial charge on any atom is 0.309 e. The van der Waals surface area contributed by atoms with Gasteiger partial charge in [0.05, 0.1) is 29.9 Å². The lowest BCUT2D eigenvalue weighted by atomic mass is 10.1. The minimum Gasteiger partial charge on any atom is -0.473 e. The molecule has 13 heteroatoms. The third-order valence-corrected chi connectivity index (χ3v) is 9.35. The van der Waals surface area contributed by atoms with Crippen LogP contribution in [-0.2, 0) is 30.6 Å². The van der Waals surface area contributed by atoms with E-state index < -0.39 is 38.7 Å². The molecule has 4 aromatic rings. The van der Waals surface area contributed by atoms with Crippen molar-refractivity contribution in [3.05, 3.63) is 95.7 Å². The molecule has 218 valence electrons. The number of aromatic nitrogens is 1. The van der Waals surface area contributed by atoms with Crippen LogP contribution in [0.5, 0.6) is 16.6 Å². The van der Waals surface area contributed by atoms with Crippen molar-refractivity contribution in [3.8, 4) is 16.6 Å². The van der Waals surface area contributed by atoms with Crippen molar-refractivity contribution in [1.29, 1.82) is 0 Å². The van der Waals surface area contributed by atoms with E-state index in [-0.39, 0.29) is 33.7 Å². The molecule has 0 bridgehead atoms. The summed E-state index contributed by atoms with van der Waals surface area (Å²) in [7, 11) is -2.15. The van der Waals surface area contributed by atoms with Gasteiger partial charge in [0, 0.05) is 11.6 Å². The molecule has 1 fully saturated rings. The summed E-state index contributed by atoms with van der Waals surface area (Å²) in [6.07, 6.45) is 1.29. The smallest absolute Gasteiger partial charge is 0.309 e. The second-order valence-electron chi connectivity index (χ2n) is 9.36. The normalized spacial score (nSPS) is 13.7. The van der Waals surface area contributed by atoms with E-state index >= 15 is 0 Å². The van der Waals surface area contributed by atoms with Gasteiger partial charge in [-0.3, -0.25) is 14.9 Å². The number of rotatable bonds is 11. The highest BCUT2D eigenvalue weighted by Crippen LogP contribution is 2.35. The molecule has 0 saturated heterocycles. The fraction of sp³-hybridized carbons (Fsp3) is 0.207. The highest BCUT2D eigenvalue weighted by atomic mass is 32.2. The number of anilines is 1. The van der Waals surface area contributed by atoms with Crippen LogP contribution in [0.2, 0.25) is 0 Å². The van der Waals surface area contributed by atoms with Gasteiger partial charge in [0.25, 0.3) is 5.91 Å². The van der Waals surface area contributed by atoms with Crippen LogP contribution in [0.4, 0.5) is 13.9 Å². The van der Waals surface area contributed by atoms with Crippen LogP contribution in [0, 0.1) is 11.6 Å². The summed E-state index contributed by atoms with van der Waals surface area (Å²) in [4.78, 5) is 29.0. The molecule has 0 spiro atoms. The third kappa shape index (κ3) is 6.92. The van der Waals surface area contributed by atoms with Crippen molar-refractivity contribution in [3.63, 3.8) is 0 Å². The molecule has 42 heavy (non-hydrogen) atoms. The van der Waals surface area contributed by atoms with Crippen molar-refractivity contribution in [1.82, 2.24) is 4.98 Å². The average molecular weight is 615 g/mol. The number of amides is 1. The molecule has 9 nitrogen and oxygen atoms in total. The molecule has 1 amide bonds. The van der Waals surface area contributed by atoms with Gasteiger partial charge in [0.15, 0.2) is 26.5 Å². The van der Waals surface area contributed by atoms with Crippen molar-refractivity contribution in [2.75, 3.05) is 12.4 Å². The van der Waals surface area contributed by atoms with E-state index in [4.69, 9.17) is 9.47 Å². The zero-order valence-corrected chi connectivity index (χ0v) is 23.7. The quantitative estimate of drug-likeness (QED) is 0.216. The van der Waals surface area contributed by atoms with E-state index in [0.717, 1.165) is 29.0 Å². The molecule has 3 aromatic carbocycles. The first-order valence-corrected chi connectivity index (χ1v) is 15.0. The average Bonchev–Trinajstić information content (AvgIpc) is 3.75. The highest BCUT2D eigenvalue weighted by Gasteiger charge is 2.37. The van der Waals surface area contributed by atoms with Crippen LogP contribution in [0.3, 0.4) is 0 Å². The number of ether oxygens (including phenoxy) is 3. The molecule has 1 atom stereocenters. The molecule has 0 radical (unpaired) electrons. The van der Waals surface area contributed by atoms with Gasteiger partial charge in [0.1, 0.15) is 11.6 Å². The Labute approximate surface area is 244 Å². The first-order chi connectivity index (χ1) is 20.1. The number of halogens is 2. The number of hydrogen-bond acceptors (Lipinski definition) is 9. The Morgan fingerprint density at radius 1 is 1.05 bits per heavy atom. The molecule has 1 aromatic heterocycles. The molecular weight excluding hydrogens is 590 g/mol. The van der Waals surface area contributed by atoms with E-state index in [1.54, 1.807) is 24.3 Å². The number of benzene rings is 3. The van der Waals surface area contributed by atoms with Crippen LogP contribution >= 0.6 is 11.3 Å². The lowest BCUT2D eigenvalue weighted by molar-refractivity contribution is -0.139. The lowest BCUT2D eigenvalue weighted by Crippen LogP contribution is -2.26. The summed E-state index contributed by atoms with van der Waals surface area (Å²) in [6.45, 7) is 0. The van der Waals surface area contributed by atoms with E-state index in [9.17, 15) is 26.8 Å². The summed E-state index contributed by atoms with van der Waals surface area (Å²) >= 11 is 1.02. The molecule has 1 N–H and O–H groups in total. The largest absolute Gasteiger partial charge is 0.473 e. The number of nitrogens with zero attached hydrogens (tertiary/aromatic N) is 1. The Hall–Kier alpha value is -4.36. The van der Waals surface area contributed by atoms with E-state index in [2.05, 4.69) is 15.0 Å². The summed E-state index contributed by atoms with van der Waals surface area (Å²) < 4.78 is 69.2. The molecule has 5 rings (SSSR count). The number of nitrogens with one attached hydrogen (secondary N) is 1. The molecule has 1 aliphatic carbocycles. The molecule has 1 aliphatic rings. The second-order valence-corrected chi connectivity index (χ2v) is 12.6. The van der Waals surface area contributed by atoms with E-state index in [1.807, 2.05) is 0 Å². The number of carbonyl (C=O) groups excluding carboxylic acids is 2. The number of sulfone groups is 1. The fourth-order valence-corrected chi connectivity index (χ4v) is 6.29. The lowest BCUT2D eigenvalue weighted by Gasteiger charge is -2.19. The Bertz CT molecular complexity index is 1700. The fourth-order valence-electron chi connectivity index (χ4n) is 3.94. The number of esters is 1. The molecular formula is C29H24F2N2O7S2. The third-order valence-electron chi connectivity index (χ3n) is 6.28. The van der Waals surface area contributed by atoms with Gasteiger partial charge >= 0.3 is 5.97 Å². The van der Waals surface area contributed by atoms with Crippen molar-refractivity contribution in [2.24, 2.45) is 0 Å². The van der Waals surface area contributed by atoms with Gasteiger partial charge in [-0.05, 0) is 54.8 Å². The van der Waals surface area contributed by atoms with Gasteiger partial charge in [-0.15, -0.1) is 0 Å². The van der Waals surface area contributed by atoms with Crippen molar-refractivity contribution < 1.29 is 41.0 Å². The minimum absolute atomic E-state index is 0.112. The minimum atomic E-state index is -3.47. The first kappa shape index (κ1) is 29.1. The standard InChI is InChI=1S/C29H24F2N2O7S2/c1-38-25(34)14-17-2-7-20(8-3-17)39-26-16-32-29(41-26)33-28(35)27(40-24-13-6-19(30)15-23(24)31)18-4-9-21(10-5-18)42(36,37)22-11-12-22/h2-10,13,15-16,22,27H,11-12,14H2,1H3,(H,32,33,35). The monoisotopic (exact) mass is 614 g/mol. The van der Waals surface area contributed by atoms with Crippen LogP contribution in [0.15, 0.2) is 77.8 Å². The summed E-state index contributed by atoms with van der Waals surface area (Å²) in [5.41, 5.74) is 0.985. The Kier molecular flexibility index (Phi) is 8.50. The number of carbonyl (C=O) groups is 2. The predicted octanol–water partition coefficient (Wildman–Crippen LogP) is 5.62. The summed E-state index contributed by atoms with van der Waals surface area (Å²) in [5.74, 6) is -2.82. The van der Waals surface area contributed by atoms with Gasteiger partial charge in [-0.2, -0.15) is 0 Å². The van der Waals surface area contributed by atoms with Crippen LogP contribution in [-0.4, -0.2) is 37.6 Å². The predicted molar refractivity (Wildman–Crippen MR) is 149 cm³/mol. The summed E-state index contributed by atoms with van der Waals surface area (Å²) in [6, 6.07) is 15.0. The second kappa shape index (κ2) is 12.2. The van der Waals surface area contributed by atoms with Gasteiger partial charge in [-0.1, -0.05) is 35.6 Å². The van der Waals surface area contributed by atoms with Crippen LogP contribution in [0.25, 0.3) is 0 Å². The molecule has 1 heterocycles. The maximum atomic E-state index is 14.4. The zero-order valence-electron chi connectivity index (χ0n) is 22.1. The number of methoxy groups -OCH3 is 1. The maximum absolute atomic E-state index is 14.4. The van der Waals surface area contributed by atoms with Gasteiger partial charge < -0.3 is 14.2 Å². The number of thiazole rings is 1.